The summed E-state index contributed by atoms with van der Waals surface area (Å²) in [6.07, 6.45) is 3.77. The molecule has 0 aliphatic carbocycles. The minimum Gasteiger partial charge on any atom is -0.366 e. The van der Waals surface area contributed by atoms with Crippen molar-refractivity contribution in [2.24, 2.45) is 5.73 Å². The fourth-order valence-corrected chi connectivity index (χ4v) is 4.28. The van der Waals surface area contributed by atoms with Gasteiger partial charge in [0.05, 0.1) is 21.8 Å². The van der Waals surface area contributed by atoms with Crippen LogP contribution in [0.2, 0.25) is 5.02 Å². The predicted octanol–water partition coefficient (Wildman–Crippen LogP) is 5.96. The molecule has 0 radical (unpaired) electrons. The quantitative estimate of drug-likeness (QED) is 0.157. The smallest absolute Gasteiger partial charge is 0.250 e. The first-order valence-corrected chi connectivity index (χ1v) is 11.7. The van der Waals surface area contributed by atoms with Crippen LogP contribution in [-0.4, -0.2) is 27.4 Å². The second-order valence-electron chi connectivity index (χ2n) is 7.44. The van der Waals surface area contributed by atoms with E-state index in [-0.39, 0.29) is 21.8 Å². The fraction of sp³-hybridized carbons (Fsp3) is 0.125. The van der Waals surface area contributed by atoms with Crippen LogP contribution in [0.25, 0.3) is 22.2 Å². The number of amides is 1. The predicted molar refractivity (Wildman–Crippen MR) is 131 cm³/mol. The van der Waals surface area contributed by atoms with E-state index in [9.17, 15) is 14.0 Å². The molecule has 0 spiro atoms. The van der Waals surface area contributed by atoms with Gasteiger partial charge in [0, 0.05) is 34.7 Å². The molecule has 6 nitrogen and oxygen atoms in total. The molecule has 0 bridgehead atoms. The monoisotopic (exact) mass is 500 g/mol. The summed E-state index contributed by atoms with van der Waals surface area (Å²) in [5, 5.41) is 0.579. The lowest BCUT2D eigenvalue weighted by Gasteiger charge is -2.10. The number of carbonyl (C=O) groups is 2. The molecule has 2 heterocycles. The highest BCUT2D eigenvalue weighted by Crippen LogP contribution is 2.31. The zero-order chi connectivity index (χ0) is 24.4. The number of halogens is 3. The van der Waals surface area contributed by atoms with Crippen molar-refractivity contribution < 1.29 is 18.4 Å². The maximum absolute atomic E-state index is 15.1. The van der Waals surface area contributed by atoms with Crippen LogP contribution in [-0.2, 0) is 0 Å². The van der Waals surface area contributed by atoms with E-state index in [1.165, 1.54) is 42.5 Å². The molecule has 4 N–H and O–H groups in total. The third-order valence-electron chi connectivity index (χ3n) is 5.15. The van der Waals surface area contributed by atoms with Crippen molar-refractivity contribution in [1.29, 1.82) is 0 Å². The number of nitrogens with zero attached hydrogens (tertiary/aromatic N) is 1. The molecule has 0 saturated heterocycles. The number of primary amides is 1. The summed E-state index contributed by atoms with van der Waals surface area (Å²) in [5.74, 6) is -2.71. The number of pyridine rings is 1. The van der Waals surface area contributed by atoms with Crippen LogP contribution >= 0.6 is 23.5 Å². The molecule has 1 amide bonds. The minimum absolute atomic E-state index is 0.0296. The number of H-pyrrole nitrogens is 1. The largest absolute Gasteiger partial charge is 0.366 e. The van der Waals surface area contributed by atoms with E-state index in [2.05, 4.69) is 14.7 Å². The number of nitrogens with one attached hydrogen (secondary N) is 2. The molecule has 4 rings (SSSR count). The van der Waals surface area contributed by atoms with Gasteiger partial charge in [0.1, 0.15) is 11.5 Å². The second-order valence-corrected chi connectivity index (χ2v) is 8.75. The number of nitrogens with two attached hydrogens (primary N) is 1. The molecule has 174 valence electrons. The van der Waals surface area contributed by atoms with Crippen molar-refractivity contribution in [2.45, 2.75) is 13.3 Å². The van der Waals surface area contributed by atoms with Crippen molar-refractivity contribution in [3.8, 4) is 11.1 Å². The topological polar surface area (TPSA) is 101 Å². The zero-order valence-electron chi connectivity index (χ0n) is 17.9. The van der Waals surface area contributed by atoms with Gasteiger partial charge in [-0.25, -0.2) is 13.8 Å². The summed E-state index contributed by atoms with van der Waals surface area (Å²) in [5.41, 5.74) is 6.46. The Morgan fingerprint density at radius 1 is 1.15 bits per heavy atom. The summed E-state index contributed by atoms with van der Waals surface area (Å²) >= 11 is 7.30. The molecular formula is C24H19ClF2N4O2S. The third-order valence-corrected chi connectivity index (χ3v) is 6.45. The van der Waals surface area contributed by atoms with Gasteiger partial charge in [-0.15, -0.1) is 0 Å². The standard InChI is InChI=1S/C24H19ClF2N4O2S/c1-2-7-34-31-19-6-5-18(26)20(21(19)27)22(32)16-11-30-24-14(16)9-13(10-29-24)12-3-4-17(25)15(8-12)23(28)33/h3-6,8-11,31H,2,7H2,1H3,(H2,28,33)(H,29,30). The molecule has 4 aromatic rings. The van der Waals surface area contributed by atoms with Gasteiger partial charge in [-0.3, -0.25) is 9.59 Å². The van der Waals surface area contributed by atoms with Gasteiger partial charge < -0.3 is 15.4 Å². The molecule has 10 heteroatoms. The number of aromatic nitrogens is 2. The Morgan fingerprint density at radius 3 is 2.68 bits per heavy atom. The Balaban J connectivity index is 1.77. The lowest BCUT2D eigenvalue weighted by atomic mass is 9.99. The van der Waals surface area contributed by atoms with Crippen molar-refractivity contribution in [3.05, 3.63) is 82.1 Å². The lowest BCUT2D eigenvalue weighted by molar-refractivity contribution is 0.0998. The van der Waals surface area contributed by atoms with E-state index in [4.69, 9.17) is 17.3 Å². The van der Waals surface area contributed by atoms with E-state index in [0.717, 1.165) is 18.2 Å². The Hall–Kier alpha value is -3.43. The molecule has 2 aromatic heterocycles. The lowest BCUT2D eigenvalue weighted by Crippen LogP contribution is -2.11. The molecule has 0 atom stereocenters. The SMILES string of the molecule is CCCSNc1ccc(F)c(C(=O)c2c[nH]c3ncc(-c4ccc(Cl)c(C(N)=O)c4)cc23)c1F. The highest BCUT2D eigenvalue weighted by Gasteiger charge is 2.24. The van der Waals surface area contributed by atoms with E-state index in [1.54, 1.807) is 12.1 Å². The van der Waals surface area contributed by atoms with Crippen LogP contribution in [0.15, 0.2) is 48.8 Å². The van der Waals surface area contributed by atoms with Crippen molar-refractivity contribution in [2.75, 3.05) is 10.5 Å². The number of anilines is 1. The van der Waals surface area contributed by atoms with Crippen LogP contribution in [0, 0.1) is 11.6 Å². The average molecular weight is 501 g/mol. The van der Waals surface area contributed by atoms with Crippen LogP contribution in [0.5, 0.6) is 0 Å². The number of hydrogen-bond donors (Lipinski definition) is 3. The van der Waals surface area contributed by atoms with Gasteiger partial charge in [0.2, 0.25) is 11.7 Å². The number of fused-ring (bicyclic) bond motifs is 1. The van der Waals surface area contributed by atoms with E-state index >= 15 is 4.39 Å². The van der Waals surface area contributed by atoms with E-state index in [0.29, 0.717) is 22.2 Å². The first-order chi connectivity index (χ1) is 16.3. The molecule has 0 unspecified atom stereocenters. The van der Waals surface area contributed by atoms with Crippen molar-refractivity contribution in [3.63, 3.8) is 0 Å². The van der Waals surface area contributed by atoms with Gasteiger partial charge in [0.25, 0.3) is 0 Å². The Kier molecular flexibility index (Phi) is 6.85. The molecule has 2 aromatic carbocycles. The van der Waals surface area contributed by atoms with Crippen molar-refractivity contribution in [1.82, 2.24) is 9.97 Å². The van der Waals surface area contributed by atoms with Crippen LogP contribution < -0.4 is 10.5 Å². The summed E-state index contributed by atoms with van der Waals surface area (Å²) < 4.78 is 32.5. The van der Waals surface area contributed by atoms with Crippen molar-refractivity contribution >= 4 is 52.0 Å². The highest BCUT2D eigenvalue weighted by atomic mass is 35.5. The van der Waals surface area contributed by atoms with E-state index in [1.807, 2.05) is 6.92 Å². The molecule has 0 fully saturated rings. The number of aromatic amines is 1. The fourth-order valence-electron chi connectivity index (χ4n) is 3.45. The molecule has 0 saturated carbocycles. The molecule has 0 aliphatic heterocycles. The number of ketones is 1. The van der Waals surface area contributed by atoms with Crippen LogP contribution in [0.4, 0.5) is 14.5 Å². The molecule has 34 heavy (non-hydrogen) atoms. The molecule has 0 aliphatic rings. The van der Waals surface area contributed by atoms with E-state index < -0.39 is 28.9 Å². The van der Waals surface area contributed by atoms with Crippen LogP contribution in [0.3, 0.4) is 0 Å². The average Bonchev–Trinajstić information content (AvgIpc) is 3.24. The van der Waals surface area contributed by atoms with Gasteiger partial charge in [-0.1, -0.05) is 36.5 Å². The normalized spacial score (nSPS) is 11.1. The number of hydrogen-bond acceptors (Lipinski definition) is 5. The number of carbonyl (C=O) groups excluding carboxylic acids is 2. The summed E-state index contributed by atoms with van der Waals surface area (Å²) in [4.78, 5) is 32.0. The summed E-state index contributed by atoms with van der Waals surface area (Å²) in [7, 11) is 0. The second kappa shape index (κ2) is 9.82. The Labute approximate surface area is 203 Å². The Morgan fingerprint density at radius 2 is 1.94 bits per heavy atom. The van der Waals surface area contributed by atoms with Gasteiger partial charge in [-0.2, -0.15) is 0 Å². The van der Waals surface area contributed by atoms with Gasteiger partial charge in [0.15, 0.2) is 5.82 Å². The molecular weight excluding hydrogens is 482 g/mol. The van der Waals surface area contributed by atoms with Gasteiger partial charge in [-0.05, 0) is 42.3 Å². The third kappa shape index (κ3) is 4.49. The minimum atomic E-state index is -0.962. The maximum Gasteiger partial charge on any atom is 0.250 e. The summed E-state index contributed by atoms with van der Waals surface area (Å²) in [6, 6.07) is 8.69. The number of rotatable bonds is 8. The first-order valence-electron chi connectivity index (χ1n) is 10.3. The Bertz CT molecular complexity index is 1420. The summed E-state index contributed by atoms with van der Waals surface area (Å²) in [6.45, 7) is 1.97. The first kappa shape index (κ1) is 23.7. The zero-order valence-corrected chi connectivity index (χ0v) is 19.5. The van der Waals surface area contributed by atoms with Gasteiger partial charge >= 0.3 is 0 Å². The van der Waals surface area contributed by atoms with Crippen LogP contribution in [0.1, 0.15) is 39.6 Å². The number of benzene rings is 2. The maximum atomic E-state index is 15.1. The highest BCUT2D eigenvalue weighted by molar-refractivity contribution is 8.00.